The van der Waals surface area contributed by atoms with Crippen LogP contribution in [0.25, 0.3) is 10.2 Å². The molecule has 5 rings (SSSR count). The van der Waals surface area contributed by atoms with Gasteiger partial charge in [-0.1, -0.05) is 29.8 Å². The molecule has 0 atom stereocenters. The molecule has 0 spiro atoms. The fourth-order valence-corrected chi connectivity index (χ4v) is 5.15. The number of morpholine rings is 1. The smallest absolute Gasteiger partial charge is 0.261 e. The third-order valence-corrected chi connectivity index (χ3v) is 7.03. The average molecular weight is 480 g/mol. The van der Waals surface area contributed by atoms with Crippen LogP contribution in [0, 0.1) is 6.92 Å². The van der Waals surface area contributed by atoms with E-state index in [1.807, 2.05) is 31.2 Å². The number of nitrogens with one attached hydrogen (secondary N) is 3. The highest BCUT2D eigenvalue weighted by atomic mass is 32.1. The lowest BCUT2D eigenvalue weighted by Gasteiger charge is -2.28. The molecule has 2 aliphatic heterocycles. The molecule has 34 heavy (non-hydrogen) atoms. The van der Waals surface area contributed by atoms with E-state index in [0.717, 1.165) is 60.6 Å². The van der Waals surface area contributed by atoms with Gasteiger partial charge in [0, 0.05) is 19.1 Å². The van der Waals surface area contributed by atoms with Crippen LogP contribution in [0.3, 0.4) is 0 Å². The maximum Gasteiger partial charge on any atom is 0.261 e. The van der Waals surface area contributed by atoms with Crippen molar-refractivity contribution in [2.45, 2.75) is 25.8 Å². The zero-order chi connectivity index (χ0) is 23.3. The van der Waals surface area contributed by atoms with Crippen molar-refractivity contribution >= 4 is 45.4 Å². The summed E-state index contributed by atoms with van der Waals surface area (Å²) >= 11 is 1.39. The second-order valence-electron chi connectivity index (χ2n) is 8.58. The van der Waals surface area contributed by atoms with E-state index in [0.29, 0.717) is 24.0 Å². The van der Waals surface area contributed by atoms with Crippen LogP contribution in [-0.2, 0) is 4.74 Å². The predicted molar refractivity (Wildman–Crippen MR) is 136 cm³/mol. The first-order valence-electron chi connectivity index (χ1n) is 11.7. The van der Waals surface area contributed by atoms with Gasteiger partial charge in [0.1, 0.15) is 10.6 Å². The number of thiophene rings is 1. The quantitative estimate of drug-likeness (QED) is 0.369. The summed E-state index contributed by atoms with van der Waals surface area (Å²) in [5, 5.41) is 11.7. The van der Waals surface area contributed by atoms with Gasteiger partial charge < -0.3 is 20.3 Å². The van der Waals surface area contributed by atoms with Crippen LogP contribution >= 0.6 is 11.3 Å². The Bertz CT molecular complexity index is 1180. The van der Waals surface area contributed by atoms with Crippen molar-refractivity contribution in [1.29, 1.82) is 0 Å². The number of aryl methyl sites for hydroxylation is 1. The Labute approximate surface area is 202 Å². The summed E-state index contributed by atoms with van der Waals surface area (Å²) < 4.78 is 5.52. The van der Waals surface area contributed by atoms with Gasteiger partial charge in [0.05, 0.1) is 29.7 Å². The number of benzene rings is 1. The van der Waals surface area contributed by atoms with Crippen molar-refractivity contribution in [2.75, 3.05) is 49.7 Å². The summed E-state index contributed by atoms with van der Waals surface area (Å²) in [5.41, 5.74) is 5.14. The zero-order valence-electron chi connectivity index (χ0n) is 19.2. The van der Waals surface area contributed by atoms with Crippen molar-refractivity contribution in [3.05, 3.63) is 46.3 Å². The molecule has 2 aromatic heterocycles. The number of nitrogens with zero attached hydrogens (tertiary/aromatic N) is 4. The molecule has 0 saturated carbocycles. The van der Waals surface area contributed by atoms with Gasteiger partial charge in [0.15, 0.2) is 0 Å². The topological polar surface area (TPSA) is 104 Å². The molecular formula is C24H29N7O2S. The van der Waals surface area contributed by atoms with Gasteiger partial charge in [-0.2, -0.15) is 10.1 Å². The number of rotatable bonds is 6. The summed E-state index contributed by atoms with van der Waals surface area (Å²) in [6.07, 6.45) is 3.65. The molecule has 9 nitrogen and oxygen atoms in total. The van der Waals surface area contributed by atoms with E-state index in [9.17, 15) is 4.79 Å². The first-order valence-corrected chi connectivity index (χ1v) is 12.5. The van der Waals surface area contributed by atoms with Gasteiger partial charge in [0.2, 0.25) is 5.95 Å². The highest BCUT2D eigenvalue weighted by Gasteiger charge is 2.23. The van der Waals surface area contributed by atoms with E-state index < -0.39 is 0 Å². The minimum absolute atomic E-state index is 0.0465. The van der Waals surface area contributed by atoms with Crippen LogP contribution in [-0.4, -0.2) is 67.5 Å². The number of hydrogen-bond acceptors (Lipinski definition) is 9. The molecule has 4 heterocycles. The fraction of sp³-hybridized carbons (Fsp3) is 0.417. The van der Waals surface area contributed by atoms with Crippen molar-refractivity contribution in [1.82, 2.24) is 20.6 Å². The Kier molecular flexibility index (Phi) is 6.98. The highest BCUT2D eigenvalue weighted by molar-refractivity contribution is 7.20. The number of piperidine rings is 1. The molecule has 0 unspecified atom stereocenters. The van der Waals surface area contributed by atoms with E-state index in [2.05, 4.69) is 37.1 Å². The maximum absolute atomic E-state index is 13.0. The summed E-state index contributed by atoms with van der Waals surface area (Å²) in [4.78, 5) is 26.0. The summed E-state index contributed by atoms with van der Waals surface area (Å²) in [5.74, 6) is 1.17. The molecular weight excluding hydrogens is 450 g/mol. The molecule has 0 radical (unpaired) electrons. The van der Waals surface area contributed by atoms with Gasteiger partial charge in [-0.25, -0.2) is 10.4 Å². The number of ether oxygens (including phenoxy) is 1. The second-order valence-corrected chi connectivity index (χ2v) is 9.61. The monoisotopic (exact) mass is 479 g/mol. The molecule has 178 valence electrons. The lowest BCUT2D eigenvalue weighted by molar-refractivity contribution is 0.0933. The fourth-order valence-electron chi connectivity index (χ4n) is 4.22. The Morgan fingerprint density at radius 2 is 2.06 bits per heavy atom. The van der Waals surface area contributed by atoms with Crippen LogP contribution in [0.4, 0.5) is 11.8 Å². The number of aromatic nitrogens is 2. The van der Waals surface area contributed by atoms with Gasteiger partial charge in [0.25, 0.3) is 5.91 Å². The number of anilines is 2. The van der Waals surface area contributed by atoms with E-state index in [1.54, 1.807) is 6.21 Å². The zero-order valence-corrected chi connectivity index (χ0v) is 20.0. The number of hydrazone groups is 1. The molecule has 10 heteroatoms. The molecule has 3 aromatic rings. The van der Waals surface area contributed by atoms with E-state index in [-0.39, 0.29) is 11.9 Å². The average Bonchev–Trinajstić information content (AvgIpc) is 3.29. The highest BCUT2D eigenvalue weighted by Crippen LogP contribution is 2.32. The molecule has 0 bridgehead atoms. The molecule has 0 aliphatic carbocycles. The Morgan fingerprint density at radius 3 is 2.85 bits per heavy atom. The van der Waals surface area contributed by atoms with Gasteiger partial charge in [-0.05, 0) is 44.5 Å². The van der Waals surface area contributed by atoms with Crippen molar-refractivity contribution < 1.29 is 9.53 Å². The summed E-state index contributed by atoms with van der Waals surface area (Å²) in [7, 11) is 0. The Balaban J connectivity index is 1.41. The number of carbonyl (C=O) groups excluding carboxylic acids is 1. The number of hydrogen-bond donors (Lipinski definition) is 3. The van der Waals surface area contributed by atoms with Crippen molar-refractivity contribution in [2.24, 2.45) is 5.10 Å². The van der Waals surface area contributed by atoms with Crippen LogP contribution in [0.15, 0.2) is 35.4 Å². The summed E-state index contributed by atoms with van der Waals surface area (Å²) in [6.45, 7) is 6.69. The largest absolute Gasteiger partial charge is 0.378 e. The van der Waals surface area contributed by atoms with Crippen molar-refractivity contribution in [3.8, 4) is 0 Å². The maximum atomic E-state index is 13.0. The first kappa shape index (κ1) is 22.7. The predicted octanol–water partition coefficient (Wildman–Crippen LogP) is 2.76. The van der Waals surface area contributed by atoms with Crippen LogP contribution < -0.4 is 21.0 Å². The van der Waals surface area contributed by atoms with Gasteiger partial charge >= 0.3 is 0 Å². The van der Waals surface area contributed by atoms with Gasteiger partial charge in [-0.3, -0.25) is 4.79 Å². The molecule has 2 saturated heterocycles. The molecule has 1 aromatic carbocycles. The molecule has 2 aliphatic rings. The number of carbonyl (C=O) groups is 1. The van der Waals surface area contributed by atoms with Crippen LogP contribution in [0.2, 0.25) is 0 Å². The normalized spacial score (nSPS) is 17.4. The third kappa shape index (κ3) is 5.35. The van der Waals surface area contributed by atoms with Crippen LogP contribution in [0.5, 0.6) is 0 Å². The number of amides is 1. The van der Waals surface area contributed by atoms with E-state index >= 15 is 0 Å². The Hall–Kier alpha value is -3.08. The minimum Gasteiger partial charge on any atom is -0.378 e. The summed E-state index contributed by atoms with van der Waals surface area (Å²) in [6, 6.07) is 10.2. The van der Waals surface area contributed by atoms with Crippen LogP contribution in [0.1, 0.15) is 33.6 Å². The molecule has 3 N–H and O–H groups in total. The second kappa shape index (κ2) is 10.5. The van der Waals surface area contributed by atoms with E-state index in [4.69, 9.17) is 9.72 Å². The lowest BCUT2D eigenvalue weighted by Crippen LogP contribution is -2.42. The van der Waals surface area contributed by atoms with Crippen molar-refractivity contribution in [3.63, 3.8) is 0 Å². The minimum atomic E-state index is -0.0465. The standard InChI is InChI=1S/C24H29N7O2S/c1-16-3-2-4-17(13-16)15-26-30-24-28-21(31-9-11-33-12-10-31)19-14-20(34-23(19)29-24)22(32)27-18-5-7-25-8-6-18/h2-4,13-15,18,25H,5-12H2,1H3,(H,27,32)(H,28,29,30)/b26-15+. The SMILES string of the molecule is Cc1cccc(/C=N/Nc2nc(N3CCOCC3)c3cc(C(=O)NC4CCNCC4)sc3n2)c1. The van der Waals surface area contributed by atoms with Gasteiger partial charge in [-0.15, -0.1) is 11.3 Å². The lowest BCUT2D eigenvalue weighted by atomic mass is 10.1. The Morgan fingerprint density at radius 1 is 1.24 bits per heavy atom. The van der Waals surface area contributed by atoms with E-state index in [1.165, 1.54) is 16.9 Å². The number of fused-ring (bicyclic) bond motifs is 1. The molecule has 1 amide bonds. The first-order chi connectivity index (χ1) is 16.7. The third-order valence-electron chi connectivity index (χ3n) is 6.00. The molecule has 2 fully saturated rings.